The Morgan fingerprint density at radius 1 is 1.12 bits per heavy atom. The van der Waals surface area contributed by atoms with Crippen molar-refractivity contribution in [3.05, 3.63) is 59.2 Å². The lowest BCUT2D eigenvalue weighted by atomic mass is 9.99. The van der Waals surface area contributed by atoms with Crippen molar-refractivity contribution >= 4 is 0 Å². The van der Waals surface area contributed by atoms with Crippen molar-refractivity contribution in [1.82, 2.24) is 15.3 Å². The van der Waals surface area contributed by atoms with Crippen molar-refractivity contribution in [2.24, 2.45) is 0 Å². The average molecular weight is 227 g/mol. The van der Waals surface area contributed by atoms with Crippen LogP contribution in [0.25, 0.3) is 0 Å². The van der Waals surface area contributed by atoms with Crippen LogP contribution in [0.3, 0.4) is 0 Å². The minimum absolute atomic E-state index is 0.150. The number of hydrogen-bond donors (Lipinski definition) is 1. The van der Waals surface area contributed by atoms with Crippen LogP contribution >= 0.6 is 0 Å². The molecule has 0 saturated heterocycles. The lowest BCUT2D eigenvalue weighted by Gasteiger charge is -2.18. The van der Waals surface area contributed by atoms with Crippen LogP contribution < -0.4 is 5.32 Å². The molecule has 2 aromatic rings. The van der Waals surface area contributed by atoms with Crippen LogP contribution in [0.5, 0.6) is 0 Å². The maximum Gasteiger partial charge on any atom is 0.0607 e. The lowest BCUT2D eigenvalue weighted by molar-refractivity contribution is 0.679. The third kappa shape index (κ3) is 2.50. The van der Waals surface area contributed by atoms with Crippen LogP contribution in [0.2, 0.25) is 0 Å². The topological polar surface area (TPSA) is 37.8 Å². The van der Waals surface area contributed by atoms with E-state index in [1.54, 1.807) is 0 Å². The van der Waals surface area contributed by atoms with Gasteiger partial charge in [0.25, 0.3) is 0 Å². The summed E-state index contributed by atoms with van der Waals surface area (Å²) in [6.45, 7) is 4.02. The summed E-state index contributed by atoms with van der Waals surface area (Å²) in [6, 6.07) is 8.36. The van der Waals surface area contributed by atoms with Gasteiger partial charge in [0.05, 0.1) is 6.04 Å². The first-order valence-electron chi connectivity index (χ1n) is 5.73. The molecule has 88 valence electrons. The number of nitrogens with zero attached hydrogens (tertiary/aromatic N) is 2. The molecule has 3 nitrogen and oxygen atoms in total. The van der Waals surface area contributed by atoms with Crippen molar-refractivity contribution in [3.63, 3.8) is 0 Å². The fourth-order valence-corrected chi connectivity index (χ4v) is 1.95. The van der Waals surface area contributed by atoms with Gasteiger partial charge in [-0.15, -0.1) is 0 Å². The molecule has 0 aliphatic rings. The maximum absolute atomic E-state index is 4.34. The van der Waals surface area contributed by atoms with Gasteiger partial charge in [-0.05, 0) is 44.2 Å². The lowest BCUT2D eigenvalue weighted by Crippen LogP contribution is -2.19. The predicted octanol–water partition coefficient (Wildman–Crippen LogP) is 2.40. The molecule has 2 rings (SSSR count). The van der Waals surface area contributed by atoms with Gasteiger partial charge in [0, 0.05) is 23.8 Å². The molecule has 1 unspecified atom stereocenters. The molecule has 0 amide bonds. The van der Waals surface area contributed by atoms with Crippen molar-refractivity contribution in [2.75, 3.05) is 7.05 Å². The van der Waals surface area contributed by atoms with E-state index >= 15 is 0 Å². The quantitative estimate of drug-likeness (QED) is 0.875. The van der Waals surface area contributed by atoms with Gasteiger partial charge in [-0.3, -0.25) is 9.97 Å². The Hall–Kier alpha value is -1.74. The molecule has 1 atom stereocenters. The van der Waals surface area contributed by atoms with Crippen LogP contribution in [0.1, 0.15) is 28.6 Å². The molecule has 0 spiro atoms. The zero-order chi connectivity index (χ0) is 12.3. The molecule has 17 heavy (non-hydrogen) atoms. The smallest absolute Gasteiger partial charge is 0.0607 e. The second-order valence-electron chi connectivity index (χ2n) is 4.13. The third-order valence-corrected chi connectivity index (χ3v) is 2.92. The molecule has 2 aromatic heterocycles. The molecule has 2 heterocycles. The molecule has 0 radical (unpaired) electrons. The number of nitrogens with one attached hydrogen (secondary N) is 1. The van der Waals surface area contributed by atoms with Gasteiger partial charge in [-0.2, -0.15) is 0 Å². The van der Waals surface area contributed by atoms with Gasteiger partial charge >= 0.3 is 0 Å². The first-order valence-corrected chi connectivity index (χ1v) is 5.73. The molecule has 3 heteroatoms. The van der Waals surface area contributed by atoms with Crippen LogP contribution in [-0.2, 0) is 0 Å². The molecule has 0 saturated carbocycles. The second-order valence-corrected chi connectivity index (χ2v) is 4.13. The third-order valence-electron chi connectivity index (χ3n) is 2.92. The Bertz CT molecular complexity index is 491. The van der Waals surface area contributed by atoms with E-state index < -0.39 is 0 Å². The summed E-state index contributed by atoms with van der Waals surface area (Å²) in [4.78, 5) is 8.67. The summed E-state index contributed by atoms with van der Waals surface area (Å²) >= 11 is 0. The van der Waals surface area contributed by atoms with E-state index in [2.05, 4.69) is 27.4 Å². The van der Waals surface area contributed by atoms with E-state index in [0.29, 0.717) is 0 Å². The Balaban J connectivity index is 2.40. The second kappa shape index (κ2) is 5.06. The number of rotatable bonds is 3. The SMILES string of the molecule is CNC(c1ccc(C)nc1)c1cccnc1C. The van der Waals surface area contributed by atoms with Crippen molar-refractivity contribution < 1.29 is 0 Å². The van der Waals surface area contributed by atoms with Crippen LogP contribution in [0, 0.1) is 13.8 Å². The zero-order valence-corrected chi connectivity index (χ0v) is 10.4. The fourth-order valence-electron chi connectivity index (χ4n) is 1.95. The number of pyridine rings is 2. The average Bonchev–Trinajstić information content (AvgIpc) is 2.35. The van der Waals surface area contributed by atoms with E-state index in [0.717, 1.165) is 17.0 Å². The Morgan fingerprint density at radius 3 is 2.53 bits per heavy atom. The minimum atomic E-state index is 0.150. The number of hydrogen-bond acceptors (Lipinski definition) is 3. The number of aromatic nitrogens is 2. The van der Waals surface area contributed by atoms with Gasteiger partial charge < -0.3 is 5.32 Å². The van der Waals surface area contributed by atoms with Crippen molar-refractivity contribution in [1.29, 1.82) is 0 Å². The van der Waals surface area contributed by atoms with Gasteiger partial charge in [-0.1, -0.05) is 12.1 Å². The highest BCUT2D eigenvalue weighted by Crippen LogP contribution is 2.22. The maximum atomic E-state index is 4.34. The Morgan fingerprint density at radius 2 is 1.94 bits per heavy atom. The summed E-state index contributed by atoms with van der Waals surface area (Å²) in [5.74, 6) is 0. The molecular formula is C14H17N3. The predicted molar refractivity (Wildman–Crippen MR) is 68.9 cm³/mol. The first kappa shape index (κ1) is 11.7. The highest BCUT2D eigenvalue weighted by Gasteiger charge is 2.14. The fraction of sp³-hybridized carbons (Fsp3) is 0.286. The van der Waals surface area contributed by atoms with Crippen LogP contribution in [0.4, 0.5) is 0 Å². The first-order chi connectivity index (χ1) is 8.22. The summed E-state index contributed by atoms with van der Waals surface area (Å²) in [5.41, 5.74) is 4.44. The van der Waals surface area contributed by atoms with Crippen molar-refractivity contribution in [2.45, 2.75) is 19.9 Å². The van der Waals surface area contributed by atoms with Crippen LogP contribution in [0.15, 0.2) is 36.7 Å². The minimum Gasteiger partial charge on any atom is -0.309 e. The molecular weight excluding hydrogens is 210 g/mol. The van der Waals surface area contributed by atoms with Crippen molar-refractivity contribution in [3.8, 4) is 0 Å². The molecule has 0 aliphatic heterocycles. The largest absolute Gasteiger partial charge is 0.309 e. The summed E-state index contributed by atoms with van der Waals surface area (Å²) in [6.07, 6.45) is 3.74. The van der Waals surface area contributed by atoms with E-state index in [4.69, 9.17) is 0 Å². The van der Waals surface area contributed by atoms with Gasteiger partial charge in [0.15, 0.2) is 0 Å². The Labute approximate surface area is 102 Å². The normalized spacial score (nSPS) is 12.4. The standard InChI is InChI=1S/C14H17N3/c1-10-6-7-12(9-17-10)14(15-3)13-5-4-8-16-11(13)2/h4-9,14-15H,1-3H3. The highest BCUT2D eigenvalue weighted by atomic mass is 14.9. The van der Waals surface area contributed by atoms with Gasteiger partial charge in [0.1, 0.15) is 0 Å². The molecule has 1 N–H and O–H groups in total. The Kier molecular flexibility index (Phi) is 3.49. The van der Waals surface area contributed by atoms with Gasteiger partial charge in [0.2, 0.25) is 0 Å². The highest BCUT2D eigenvalue weighted by molar-refractivity contribution is 5.32. The van der Waals surface area contributed by atoms with E-state index in [1.165, 1.54) is 5.56 Å². The molecule has 0 fully saturated rings. The van der Waals surface area contributed by atoms with E-state index in [9.17, 15) is 0 Å². The number of aryl methyl sites for hydroxylation is 2. The molecule has 0 bridgehead atoms. The van der Waals surface area contributed by atoms with E-state index in [1.807, 2.05) is 45.4 Å². The summed E-state index contributed by atoms with van der Waals surface area (Å²) < 4.78 is 0. The van der Waals surface area contributed by atoms with Crippen LogP contribution in [-0.4, -0.2) is 17.0 Å². The summed E-state index contributed by atoms with van der Waals surface area (Å²) in [5, 5.41) is 3.31. The summed E-state index contributed by atoms with van der Waals surface area (Å²) in [7, 11) is 1.96. The molecule has 0 aliphatic carbocycles. The zero-order valence-electron chi connectivity index (χ0n) is 10.4. The van der Waals surface area contributed by atoms with E-state index in [-0.39, 0.29) is 6.04 Å². The van der Waals surface area contributed by atoms with Gasteiger partial charge in [-0.25, -0.2) is 0 Å². The molecule has 0 aromatic carbocycles. The monoisotopic (exact) mass is 227 g/mol.